The molecule has 0 radical (unpaired) electrons. The Balaban J connectivity index is 2.25. The molecule has 0 saturated heterocycles. The zero-order chi connectivity index (χ0) is 13.8. The van der Waals surface area contributed by atoms with E-state index in [2.05, 4.69) is 38.2 Å². The van der Waals surface area contributed by atoms with Crippen LogP contribution in [0.15, 0.2) is 12.1 Å². The van der Waals surface area contributed by atoms with Gasteiger partial charge in [-0.3, -0.25) is 0 Å². The highest BCUT2D eigenvalue weighted by Gasteiger charge is 2.26. The van der Waals surface area contributed by atoms with Gasteiger partial charge in [0.05, 0.1) is 7.11 Å². The summed E-state index contributed by atoms with van der Waals surface area (Å²) in [4.78, 5) is 0. The van der Waals surface area contributed by atoms with Gasteiger partial charge in [0.2, 0.25) is 0 Å². The highest BCUT2D eigenvalue weighted by molar-refractivity contribution is 5.45. The second-order valence-corrected chi connectivity index (χ2v) is 5.82. The number of methoxy groups -OCH3 is 1. The fraction of sp³-hybridized carbons (Fsp3) is 0.647. The summed E-state index contributed by atoms with van der Waals surface area (Å²) in [6, 6.07) is 5.14. The minimum Gasteiger partial charge on any atom is -0.496 e. The maximum absolute atomic E-state index is 5.64. The predicted octanol–water partition coefficient (Wildman–Crippen LogP) is 3.95. The molecular weight excluding hydrogens is 234 g/mol. The first kappa shape index (κ1) is 14.4. The van der Waals surface area contributed by atoms with E-state index in [1.165, 1.54) is 42.4 Å². The fourth-order valence-corrected chi connectivity index (χ4v) is 3.56. The molecule has 1 saturated carbocycles. The average molecular weight is 261 g/mol. The quantitative estimate of drug-likeness (QED) is 0.886. The summed E-state index contributed by atoms with van der Waals surface area (Å²) in [7, 11) is 1.79. The Morgan fingerprint density at radius 2 is 2.05 bits per heavy atom. The summed E-state index contributed by atoms with van der Waals surface area (Å²) in [6.07, 6.45) is 5.17. The zero-order valence-corrected chi connectivity index (χ0v) is 12.8. The first-order chi connectivity index (χ1) is 9.15. The standard InChI is InChI=1S/C17H27NO/c1-5-18-15-8-6-7-14(11-15)17-13(3)9-12(2)10-16(17)19-4/h9-10,14-15,18H,5-8,11H2,1-4H3. The van der Waals surface area contributed by atoms with E-state index in [9.17, 15) is 0 Å². The Labute approximate surface area is 117 Å². The van der Waals surface area contributed by atoms with E-state index in [4.69, 9.17) is 4.74 Å². The van der Waals surface area contributed by atoms with Crippen LogP contribution < -0.4 is 10.1 Å². The van der Waals surface area contributed by atoms with Crippen molar-refractivity contribution in [2.24, 2.45) is 0 Å². The molecule has 0 aromatic heterocycles. The van der Waals surface area contributed by atoms with Crippen LogP contribution in [-0.2, 0) is 0 Å². The SMILES string of the molecule is CCNC1CCCC(c2c(C)cc(C)cc2OC)C1. The van der Waals surface area contributed by atoms with E-state index in [1.54, 1.807) is 7.11 Å². The summed E-state index contributed by atoms with van der Waals surface area (Å²) in [5, 5.41) is 3.61. The number of hydrogen-bond donors (Lipinski definition) is 1. The van der Waals surface area contributed by atoms with Gasteiger partial charge in [0, 0.05) is 11.6 Å². The number of aryl methyl sites for hydroxylation is 2. The van der Waals surface area contributed by atoms with Crippen LogP contribution in [0.3, 0.4) is 0 Å². The summed E-state index contributed by atoms with van der Waals surface area (Å²) in [6.45, 7) is 7.63. The number of hydrogen-bond acceptors (Lipinski definition) is 2. The minimum absolute atomic E-state index is 0.647. The average Bonchev–Trinajstić information content (AvgIpc) is 2.38. The van der Waals surface area contributed by atoms with E-state index >= 15 is 0 Å². The number of benzene rings is 1. The van der Waals surface area contributed by atoms with Crippen LogP contribution in [0.5, 0.6) is 5.75 Å². The van der Waals surface area contributed by atoms with Crippen molar-refractivity contribution in [2.45, 2.75) is 58.4 Å². The van der Waals surface area contributed by atoms with Crippen LogP contribution in [0, 0.1) is 13.8 Å². The van der Waals surface area contributed by atoms with Crippen molar-refractivity contribution >= 4 is 0 Å². The zero-order valence-electron chi connectivity index (χ0n) is 12.8. The molecule has 0 spiro atoms. The van der Waals surface area contributed by atoms with Crippen molar-refractivity contribution < 1.29 is 4.74 Å². The summed E-state index contributed by atoms with van der Waals surface area (Å²) >= 11 is 0. The highest BCUT2D eigenvalue weighted by Crippen LogP contribution is 2.39. The van der Waals surface area contributed by atoms with Crippen molar-refractivity contribution in [3.63, 3.8) is 0 Å². The molecule has 1 N–H and O–H groups in total. The van der Waals surface area contributed by atoms with Gasteiger partial charge in [-0.25, -0.2) is 0 Å². The normalized spacial score (nSPS) is 23.4. The molecule has 106 valence electrons. The number of nitrogens with one attached hydrogen (secondary N) is 1. The summed E-state index contributed by atoms with van der Waals surface area (Å²) < 4.78 is 5.64. The summed E-state index contributed by atoms with van der Waals surface area (Å²) in [5.41, 5.74) is 4.12. The van der Waals surface area contributed by atoms with Crippen molar-refractivity contribution in [3.05, 3.63) is 28.8 Å². The fourth-order valence-electron chi connectivity index (χ4n) is 3.56. The van der Waals surface area contributed by atoms with Gasteiger partial charge in [-0.15, -0.1) is 0 Å². The van der Waals surface area contributed by atoms with E-state index < -0.39 is 0 Å². The molecular formula is C17H27NO. The van der Waals surface area contributed by atoms with Gasteiger partial charge in [-0.05, 0) is 62.8 Å². The molecule has 2 atom stereocenters. The van der Waals surface area contributed by atoms with E-state index in [0.29, 0.717) is 12.0 Å². The Bertz CT molecular complexity index is 426. The van der Waals surface area contributed by atoms with Gasteiger partial charge in [-0.1, -0.05) is 19.4 Å². The Morgan fingerprint density at radius 1 is 1.26 bits per heavy atom. The number of rotatable bonds is 4. The van der Waals surface area contributed by atoms with Gasteiger partial charge in [0.15, 0.2) is 0 Å². The van der Waals surface area contributed by atoms with Crippen LogP contribution in [0.2, 0.25) is 0 Å². The predicted molar refractivity (Wildman–Crippen MR) is 81.1 cm³/mol. The number of ether oxygens (including phenoxy) is 1. The largest absolute Gasteiger partial charge is 0.496 e. The third-order valence-corrected chi connectivity index (χ3v) is 4.29. The maximum Gasteiger partial charge on any atom is 0.122 e. The molecule has 0 aliphatic heterocycles. The Kier molecular flexibility index (Phi) is 4.87. The van der Waals surface area contributed by atoms with Gasteiger partial charge >= 0.3 is 0 Å². The molecule has 2 rings (SSSR count). The van der Waals surface area contributed by atoms with Crippen molar-refractivity contribution in [1.29, 1.82) is 0 Å². The van der Waals surface area contributed by atoms with Crippen molar-refractivity contribution in [3.8, 4) is 5.75 Å². The molecule has 19 heavy (non-hydrogen) atoms. The lowest BCUT2D eigenvalue weighted by Crippen LogP contribution is -2.33. The van der Waals surface area contributed by atoms with Crippen LogP contribution in [0.25, 0.3) is 0 Å². The van der Waals surface area contributed by atoms with Crippen molar-refractivity contribution in [2.75, 3.05) is 13.7 Å². The van der Waals surface area contributed by atoms with Crippen LogP contribution >= 0.6 is 0 Å². The second kappa shape index (κ2) is 6.42. The third kappa shape index (κ3) is 3.30. The lowest BCUT2D eigenvalue weighted by molar-refractivity contribution is 0.333. The van der Waals surface area contributed by atoms with E-state index in [1.807, 2.05) is 0 Å². The topological polar surface area (TPSA) is 21.3 Å². The first-order valence-corrected chi connectivity index (χ1v) is 7.54. The van der Waals surface area contributed by atoms with Gasteiger partial charge in [-0.2, -0.15) is 0 Å². The molecule has 2 unspecified atom stereocenters. The Hall–Kier alpha value is -1.02. The van der Waals surface area contributed by atoms with Gasteiger partial charge in [0.1, 0.15) is 5.75 Å². The highest BCUT2D eigenvalue weighted by atomic mass is 16.5. The molecule has 2 nitrogen and oxygen atoms in total. The van der Waals surface area contributed by atoms with E-state index in [0.717, 1.165) is 12.3 Å². The molecule has 1 aliphatic rings. The van der Waals surface area contributed by atoms with Gasteiger partial charge < -0.3 is 10.1 Å². The molecule has 2 heteroatoms. The molecule has 1 aromatic carbocycles. The lowest BCUT2D eigenvalue weighted by Gasteiger charge is -2.31. The van der Waals surface area contributed by atoms with Crippen LogP contribution in [0.4, 0.5) is 0 Å². The Morgan fingerprint density at radius 3 is 2.74 bits per heavy atom. The van der Waals surface area contributed by atoms with Gasteiger partial charge in [0.25, 0.3) is 0 Å². The van der Waals surface area contributed by atoms with Crippen LogP contribution in [0.1, 0.15) is 55.2 Å². The van der Waals surface area contributed by atoms with E-state index in [-0.39, 0.29) is 0 Å². The lowest BCUT2D eigenvalue weighted by atomic mass is 9.79. The molecule has 1 fully saturated rings. The monoisotopic (exact) mass is 261 g/mol. The third-order valence-electron chi connectivity index (χ3n) is 4.29. The second-order valence-electron chi connectivity index (χ2n) is 5.82. The molecule has 0 bridgehead atoms. The summed E-state index contributed by atoms with van der Waals surface area (Å²) in [5.74, 6) is 1.73. The molecule has 0 heterocycles. The minimum atomic E-state index is 0.647. The molecule has 0 amide bonds. The van der Waals surface area contributed by atoms with Crippen LogP contribution in [-0.4, -0.2) is 19.7 Å². The van der Waals surface area contributed by atoms with Crippen molar-refractivity contribution in [1.82, 2.24) is 5.32 Å². The molecule has 1 aromatic rings. The first-order valence-electron chi connectivity index (χ1n) is 7.54. The molecule has 1 aliphatic carbocycles. The smallest absolute Gasteiger partial charge is 0.122 e. The maximum atomic E-state index is 5.64.